The Morgan fingerprint density at radius 3 is 2.45 bits per heavy atom. The molecule has 0 spiro atoms. The molecule has 2 amide bonds. The highest BCUT2D eigenvalue weighted by atomic mass is 16.2. The summed E-state index contributed by atoms with van der Waals surface area (Å²) in [4.78, 5) is 24.0. The molecular formula is C15H27N3O2. The van der Waals surface area contributed by atoms with Crippen LogP contribution in [0.5, 0.6) is 0 Å². The van der Waals surface area contributed by atoms with E-state index in [4.69, 9.17) is 0 Å². The first-order chi connectivity index (χ1) is 9.47. The summed E-state index contributed by atoms with van der Waals surface area (Å²) in [7, 11) is 0. The molecule has 0 radical (unpaired) electrons. The van der Waals surface area contributed by atoms with Gasteiger partial charge < -0.3 is 16.0 Å². The van der Waals surface area contributed by atoms with E-state index in [1.807, 2.05) is 13.8 Å². The summed E-state index contributed by atoms with van der Waals surface area (Å²) in [5.74, 6) is 0.480. The van der Waals surface area contributed by atoms with E-state index < -0.39 is 6.04 Å². The zero-order chi connectivity index (χ0) is 14.7. The summed E-state index contributed by atoms with van der Waals surface area (Å²) in [5, 5.41) is 9.07. The molecule has 0 aromatic heterocycles. The van der Waals surface area contributed by atoms with Crippen LogP contribution in [0.2, 0.25) is 0 Å². The average molecular weight is 281 g/mol. The zero-order valence-electron chi connectivity index (χ0n) is 12.7. The minimum atomic E-state index is -0.477. The van der Waals surface area contributed by atoms with Gasteiger partial charge in [-0.15, -0.1) is 0 Å². The smallest absolute Gasteiger partial charge is 0.242 e. The Kier molecular flexibility index (Phi) is 5.02. The number of hydrogen-bond donors (Lipinski definition) is 3. The first-order valence-corrected chi connectivity index (χ1v) is 7.84. The molecule has 4 unspecified atom stereocenters. The van der Waals surface area contributed by atoms with E-state index >= 15 is 0 Å². The minimum absolute atomic E-state index is 0.0363. The molecule has 1 aliphatic carbocycles. The predicted molar refractivity (Wildman–Crippen MR) is 78.2 cm³/mol. The second kappa shape index (κ2) is 6.57. The molecule has 1 saturated heterocycles. The standard InChI is InChI=1S/C15H27N3O2/c1-9(2)16-14(19)10(3)17-15(20)13-8-11-6-4-5-7-12(11)18-13/h9-13,18H,4-8H2,1-3H3,(H,16,19)(H,17,20). The Labute approximate surface area is 121 Å². The topological polar surface area (TPSA) is 70.2 Å². The number of amides is 2. The van der Waals surface area contributed by atoms with E-state index in [-0.39, 0.29) is 23.9 Å². The van der Waals surface area contributed by atoms with Crippen molar-refractivity contribution in [1.82, 2.24) is 16.0 Å². The Balaban J connectivity index is 1.81. The molecule has 20 heavy (non-hydrogen) atoms. The van der Waals surface area contributed by atoms with E-state index in [2.05, 4.69) is 16.0 Å². The second-order valence-electron chi connectivity index (χ2n) is 6.50. The van der Waals surface area contributed by atoms with Crippen molar-refractivity contribution in [3.05, 3.63) is 0 Å². The van der Waals surface area contributed by atoms with E-state index in [0.717, 1.165) is 6.42 Å². The molecule has 0 aromatic rings. The van der Waals surface area contributed by atoms with E-state index in [0.29, 0.717) is 12.0 Å². The van der Waals surface area contributed by atoms with Gasteiger partial charge in [-0.05, 0) is 46.0 Å². The highest BCUT2D eigenvalue weighted by Gasteiger charge is 2.38. The van der Waals surface area contributed by atoms with Crippen LogP contribution < -0.4 is 16.0 Å². The molecule has 1 heterocycles. The molecule has 1 aliphatic heterocycles. The van der Waals surface area contributed by atoms with Gasteiger partial charge in [0.15, 0.2) is 0 Å². The molecule has 0 bridgehead atoms. The fourth-order valence-electron chi connectivity index (χ4n) is 3.31. The number of fused-ring (bicyclic) bond motifs is 1. The average Bonchev–Trinajstić information content (AvgIpc) is 2.81. The molecule has 3 N–H and O–H groups in total. The third-order valence-electron chi connectivity index (χ3n) is 4.36. The molecule has 1 saturated carbocycles. The number of rotatable bonds is 4. The van der Waals surface area contributed by atoms with Crippen molar-refractivity contribution in [3.8, 4) is 0 Å². The zero-order valence-corrected chi connectivity index (χ0v) is 12.7. The first-order valence-electron chi connectivity index (χ1n) is 7.84. The van der Waals surface area contributed by atoms with Gasteiger partial charge in [0.25, 0.3) is 0 Å². The number of nitrogens with one attached hydrogen (secondary N) is 3. The van der Waals surface area contributed by atoms with Gasteiger partial charge in [-0.3, -0.25) is 9.59 Å². The Morgan fingerprint density at radius 1 is 1.10 bits per heavy atom. The van der Waals surface area contributed by atoms with Crippen molar-refractivity contribution in [2.75, 3.05) is 0 Å². The lowest BCUT2D eigenvalue weighted by Crippen LogP contribution is -2.51. The van der Waals surface area contributed by atoms with Crippen LogP contribution in [-0.2, 0) is 9.59 Å². The lowest BCUT2D eigenvalue weighted by molar-refractivity contribution is -0.129. The molecule has 114 valence electrons. The summed E-state index contributed by atoms with van der Waals surface area (Å²) in [6.07, 6.45) is 5.86. The maximum Gasteiger partial charge on any atom is 0.242 e. The molecule has 0 aromatic carbocycles. The lowest BCUT2D eigenvalue weighted by Gasteiger charge is -2.24. The van der Waals surface area contributed by atoms with Crippen LogP contribution in [0.15, 0.2) is 0 Å². The maximum absolute atomic E-state index is 12.2. The molecule has 2 rings (SSSR count). The first kappa shape index (κ1) is 15.3. The third kappa shape index (κ3) is 3.72. The van der Waals surface area contributed by atoms with Crippen LogP contribution in [-0.4, -0.2) is 36.0 Å². The van der Waals surface area contributed by atoms with Crippen LogP contribution in [0, 0.1) is 5.92 Å². The highest BCUT2D eigenvalue weighted by Crippen LogP contribution is 2.33. The summed E-state index contributed by atoms with van der Waals surface area (Å²) in [5.41, 5.74) is 0. The third-order valence-corrected chi connectivity index (χ3v) is 4.36. The van der Waals surface area contributed by atoms with Gasteiger partial charge in [0, 0.05) is 12.1 Å². The van der Waals surface area contributed by atoms with Crippen molar-refractivity contribution in [2.45, 2.75) is 77.0 Å². The van der Waals surface area contributed by atoms with E-state index in [1.54, 1.807) is 6.92 Å². The van der Waals surface area contributed by atoms with Gasteiger partial charge in [-0.2, -0.15) is 0 Å². The van der Waals surface area contributed by atoms with Crippen LogP contribution in [0.3, 0.4) is 0 Å². The van der Waals surface area contributed by atoms with Gasteiger partial charge in [0.05, 0.1) is 6.04 Å². The monoisotopic (exact) mass is 281 g/mol. The summed E-state index contributed by atoms with van der Waals surface area (Å²) in [6.45, 7) is 5.56. The molecule has 5 heteroatoms. The lowest BCUT2D eigenvalue weighted by atomic mass is 9.85. The molecule has 5 nitrogen and oxygen atoms in total. The number of carbonyl (C=O) groups is 2. The van der Waals surface area contributed by atoms with Gasteiger partial charge >= 0.3 is 0 Å². The van der Waals surface area contributed by atoms with Crippen molar-refractivity contribution in [1.29, 1.82) is 0 Å². The van der Waals surface area contributed by atoms with Gasteiger partial charge in [0.2, 0.25) is 11.8 Å². The summed E-state index contributed by atoms with van der Waals surface area (Å²) < 4.78 is 0. The number of carbonyl (C=O) groups excluding carboxylic acids is 2. The van der Waals surface area contributed by atoms with Crippen LogP contribution in [0.1, 0.15) is 52.9 Å². The molecule has 2 fully saturated rings. The Bertz CT molecular complexity index is 356. The van der Waals surface area contributed by atoms with Crippen LogP contribution in [0.25, 0.3) is 0 Å². The predicted octanol–water partition coefficient (Wildman–Crippen LogP) is 0.936. The molecular weight excluding hydrogens is 254 g/mol. The highest BCUT2D eigenvalue weighted by molar-refractivity contribution is 5.89. The van der Waals surface area contributed by atoms with Crippen molar-refractivity contribution in [2.24, 2.45) is 5.92 Å². The largest absolute Gasteiger partial charge is 0.352 e. The van der Waals surface area contributed by atoms with Crippen molar-refractivity contribution >= 4 is 11.8 Å². The minimum Gasteiger partial charge on any atom is -0.352 e. The Morgan fingerprint density at radius 2 is 1.80 bits per heavy atom. The Hall–Kier alpha value is -1.10. The molecule has 4 atom stereocenters. The van der Waals surface area contributed by atoms with Gasteiger partial charge in [0.1, 0.15) is 6.04 Å². The normalized spacial score (nSPS) is 30.7. The SMILES string of the molecule is CC(C)NC(=O)C(C)NC(=O)C1CC2CCCCC2N1. The second-order valence-corrected chi connectivity index (χ2v) is 6.50. The summed E-state index contributed by atoms with van der Waals surface area (Å²) in [6, 6.07) is -0.0136. The number of hydrogen-bond acceptors (Lipinski definition) is 3. The van der Waals surface area contributed by atoms with Crippen molar-refractivity contribution < 1.29 is 9.59 Å². The van der Waals surface area contributed by atoms with Gasteiger partial charge in [-0.1, -0.05) is 12.8 Å². The van der Waals surface area contributed by atoms with Gasteiger partial charge in [-0.25, -0.2) is 0 Å². The van der Waals surface area contributed by atoms with E-state index in [1.165, 1.54) is 25.7 Å². The van der Waals surface area contributed by atoms with Crippen molar-refractivity contribution in [3.63, 3.8) is 0 Å². The van der Waals surface area contributed by atoms with E-state index in [9.17, 15) is 9.59 Å². The summed E-state index contributed by atoms with van der Waals surface area (Å²) >= 11 is 0. The van der Waals surface area contributed by atoms with Crippen LogP contribution >= 0.6 is 0 Å². The maximum atomic E-state index is 12.2. The fourth-order valence-corrected chi connectivity index (χ4v) is 3.31. The fraction of sp³-hybridized carbons (Fsp3) is 0.867. The van der Waals surface area contributed by atoms with Crippen LogP contribution in [0.4, 0.5) is 0 Å². The molecule has 2 aliphatic rings. The quantitative estimate of drug-likeness (QED) is 0.718.